The van der Waals surface area contributed by atoms with Gasteiger partial charge >= 0.3 is 5.97 Å². The standard InChI is InChI=1S/C15H15NO4/c1-9(11-6-13(17)8-14(18)7-11)16-12-4-2-3-10(5-12)15(19)20/h2-9,16-18H,1H3,(H,19,20). The molecule has 2 aromatic rings. The van der Waals surface area contributed by atoms with E-state index in [4.69, 9.17) is 5.11 Å². The van der Waals surface area contributed by atoms with Gasteiger partial charge in [0.05, 0.1) is 5.56 Å². The van der Waals surface area contributed by atoms with E-state index in [0.717, 1.165) is 0 Å². The lowest BCUT2D eigenvalue weighted by atomic mass is 10.1. The molecule has 4 N–H and O–H groups in total. The molecule has 0 bridgehead atoms. The number of rotatable bonds is 4. The molecule has 0 heterocycles. The maximum atomic E-state index is 10.9. The van der Waals surface area contributed by atoms with Crippen molar-refractivity contribution in [3.63, 3.8) is 0 Å². The van der Waals surface area contributed by atoms with Crippen LogP contribution in [0.25, 0.3) is 0 Å². The van der Waals surface area contributed by atoms with Gasteiger partial charge in [0.2, 0.25) is 0 Å². The van der Waals surface area contributed by atoms with Crippen molar-refractivity contribution in [3.05, 3.63) is 53.6 Å². The molecule has 0 amide bonds. The van der Waals surface area contributed by atoms with E-state index in [2.05, 4.69) is 5.32 Å². The predicted octanol–water partition coefficient (Wildman–Crippen LogP) is 2.97. The molecular formula is C15H15NO4. The van der Waals surface area contributed by atoms with Gasteiger partial charge in [-0.1, -0.05) is 6.07 Å². The Hall–Kier alpha value is -2.69. The Kier molecular flexibility index (Phi) is 3.79. The number of aromatic carboxylic acids is 1. The van der Waals surface area contributed by atoms with E-state index in [1.165, 1.54) is 18.2 Å². The summed E-state index contributed by atoms with van der Waals surface area (Å²) in [7, 11) is 0. The Balaban J connectivity index is 2.20. The van der Waals surface area contributed by atoms with E-state index in [0.29, 0.717) is 11.3 Å². The Morgan fingerprint density at radius 2 is 1.75 bits per heavy atom. The summed E-state index contributed by atoms with van der Waals surface area (Å²) in [5.41, 5.74) is 1.55. The Bertz CT molecular complexity index is 619. The molecule has 0 radical (unpaired) electrons. The highest BCUT2D eigenvalue weighted by Gasteiger charge is 2.09. The van der Waals surface area contributed by atoms with Gasteiger partial charge in [-0.2, -0.15) is 0 Å². The highest BCUT2D eigenvalue weighted by molar-refractivity contribution is 5.88. The van der Waals surface area contributed by atoms with Gasteiger partial charge in [0, 0.05) is 17.8 Å². The lowest BCUT2D eigenvalue weighted by molar-refractivity contribution is 0.0697. The summed E-state index contributed by atoms with van der Waals surface area (Å²) in [6, 6.07) is 10.6. The summed E-state index contributed by atoms with van der Waals surface area (Å²) in [6.45, 7) is 1.85. The van der Waals surface area contributed by atoms with Gasteiger partial charge in [0.25, 0.3) is 0 Å². The molecule has 5 nitrogen and oxygen atoms in total. The third-order valence-electron chi connectivity index (χ3n) is 2.92. The third-order valence-corrected chi connectivity index (χ3v) is 2.92. The van der Waals surface area contributed by atoms with Crippen molar-refractivity contribution in [2.45, 2.75) is 13.0 Å². The lowest BCUT2D eigenvalue weighted by Crippen LogP contribution is -2.07. The van der Waals surface area contributed by atoms with E-state index >= 15 is 0 Å². The topological polar surface area (TPSA) is 89.8 Å². The number of carbonyl (C=O) groups is 1. The predicted molar refractivity (Wildman–Crippen MR) is 75.2 cm³/mol. The van der Waals surface area contributed by atoms with Crippen LogP contribution in [0.5, 0.6) is 11.5 Å². The summed E-state index contributed by atoms with van der Waals surface area (Å²) in [6.07, 6.45) is 0. The van der Waals surface area contributed by atoms with Gasteiger partial charge in [-0.05, 0) is 42.8 Å². The number of carboxylic acids is 1. The fourth-order valence-corrected chi connectivity index (χ4v) is 1.94. The van der Waals surface area contributed by atoms with Crippen molar-refractivity contribution in [1.29, 1.82) is 0 Å². The van der Waals surface area contributed by atoms with Crippen molar-refractivity contribution < 1.29 is 20.1 Å². The van der Waals surface area contributed by atoms with Crippen LogP contribution in [0.3, 0.4) is 0 Å². The molecule has 20 heavy (non-hydrogen) atoms. The number of benzene rings is 2. The number of nitrogens with one attached hydrogen (secondary N) is 1. The van der Waals surface area contributed by atoms with Crippen molar-refractivity contribution in [1.82, 2.24) is 0 Å². The number of hydrogen-bond donors (Lipinski definition) is 4. The first-order valence-electron chi connectivity index (χ1n) is 6.08. The third kappa shape index (κ3) is 3.20. The summed E-state index contributed by atoms with van der Waals surface area (Å²) >= 11 is 0. The van der Waals surface area contributed by atoms with Gasteiger partial charge in [-0.3, -0.25) is 0 Å². The van der Waals surface area contributed by atoms with Crippen LogP contribution in [-0.2, 0) is 0 Å². The molecule has 0 aliphatic rings. The number of phenols is 2. The largest absolute Gasteiger partial charge is 0.508 e. The normalized spacial score (nSPS) is 11.8. The van der Waals surface area contributed by atoms with Crippen LogP contribution in [0.4, 0.5) is 5.69 Å². The summed E-state index contributed by atoms with van der Waals surface area (Å²) < 4.78 is 0. The highest BCUT2D eigenvalue weighted by Crippen LogP contribution is 2.27. The minimum atomic E-state index is -0.990. The molecule has 104 valence electrons. The Morgan fingerprint density at radius 3 is 2.35 bits per heavy atom. The molecule has 5 heteroatoms. The first kappa shape index (κ1) is 13.7. The van der Waals surface area contributed by atoms with Gasteiger partial charge < -0.3 is 20.6 Å². The van der Waals surface area contributed by atoms with E-state index in [1.807, 2.05) is 6.92 Å². The Morgan fingerprint density at radius 1 is 1.10 bits per heavy atom. The number of anilines is 1. The zero-order valence-corrected chi connectivity index (χ0v) is 10.9. The summed E-state index contributed by atoms with van der Waals surface area (Å²) in [5.74, 6) is -1.03. The van der Waals surface area contributed by atoms with Crippen molar-refractivity contribution >= 4 is 11.7 Å². The first-order chi connectivity index (χ1) is 9.45. The lowest BCUT2D eigenvalue weighted by Gasteiger charge is -2.16. The maximum Gasteiger partial charge on any atom is 0.335 e. The SMILES string of the molecule is CC(Nc1cccc(C(=O)O)c1)c1cc(O)cc(O)c1. The fourth-order valence-electron chi connectivity index (χ4n) is 1.94. The van der Waals surface area contributed by atoms with E-state index in [9.17, 15) is 15.0 Å². The molecule has 2 rings (SSSR count). The first-order valence-corrected chi connectivity index (χ1v) is 6.08. The number of aromatic hydroxyl groups is 2. The van der Waals surface area contributed by atoms with Crippen LogP contribution in [0.15, 0.2) is 42.5 Å². The second-order valence-electron chi connectivity index (χ2n) is 4.53. The van der Waals surface area contributed by atoms with Crippen LogP contribution in [0, 0.1) is 0 Å². The summed E-state index contributed by atoms with van der Waals surface area (Å²) in [4.78, 5) is 10.9. The molecule has 1 unspecified atom stereocenters. The molecule has 2 aromatic carbocycles. The molecular weight excluding hydrogens is 258 g/mol. The molecule has 0 spiro atoms. The molecule has 1 atom stereocenters. The molecule has 0 aliphatic carbocycles. The van der Waals surface area contributed by atoms with Crippen molar-refractivity contribution in [3.8, 4) is 11.5 Å². The minimum absolute atomic E-state index is 0.0204. The van der Waals surface area contributed by atoms with Crippen LogP contribution in [-0.4, -0.2) is 21.3 Å². The van der Waals surface area contributed by atoms with Gasteiger partial charge in [-0.15, -0.1) is 0 Å². The smallest absolute Gasteiger partial charge is 0.335 e. The monoisotopic (exact) mass is 273 g/mol. The molecule has 0 aromatic heterocycles. The van der Waals surface area contributed by atoms with Crippen molar-refractivity contribution in [2.75, 3.05) is 5.32 Å². The van der Waals surface area contributed by atoms with Crippen LogP contribution in [0.2, 0.25) is 0 Å². The second-order valence-corrected chi connectivity index (χ2v) is 4.53. The molecule has 0 aliphatic heterocycles. The van der Waals surface area contributed by atoms with E-state index in [-0.39, 0.29) is 23.1 Å². The fraction of sp³-hybridized carbons (Fsp3) is 0.133. The average molecular weight is 273 g/mol. The molecule has 0 saturated carbocycles. The quantitative estimate of drug-likeness (QED) is 0.687. The molecule has 0 saturated heterocycles. The van der Waals surface area contributed by atoms with Gasteiger partial charge in [0.1, 0.15) is 11.5 Å². The summed E-state index contributed by atoms with van der Waals surface area (Å²) in [5, 5.41) is 31.0. The number of carboxylic acid groups (broad SMARTS) is 1. The zero-order chi connectivity index (χ0) is 14.7. The zero-order valence-electron chi connectivity index (χ0n) is 10.9. The second kappa shape index (κ2) is 5.52. The highest BCUT2D eigenvalue weighted by atomic mass is 16.4. The number of phenolic OH excluding ortho intramolecular Hbond substituents is 2. The van der Waals surface area contributed by atoms with Crippen molar-refractivity contribution in [2.24, 2.45) is 0 Å². The maximum absolute atomic E-state index is 10.9. The minimum Gasteiger partial charge on any atom is -0.508 e. The average Bonchev–Trinajstić information content (AvgIpc) is 2.37. The van der Waals surface area contributed by atoms with Gasteiger partial charge in [-0.25, -0.2) is 4.79 Å². The van der Waals surface area contributed by atoms with Gasteiger partial charge in [0.15, 0.2) is 0 Å². The molecule has 0 fully saturated rings. The van der Waals surface area contributed by atoms with Crippen LogP contribution >= 0.6 is 0 Å². The Labute approximate surface area is 116 Å². The van der Waals surface area contributed by atoms with Crippen LogP contribution < -0.4 is 5.32 Å². The number of hydrogen-bond acceptors (Lipinski definition) is 4. The van der Waals surface area contributed by atoms with E-state index in [1.54, 1.807) is 24.3 Å². The van der Waals surface area contributed by atoms with Crippen LogP contribution in [0.1, 0.15) is 28.9 Å². The van der Waals surface area contributed by atoms with E-state index < -0.39 is 5.97 Å².